The van der Waals surface area contributed by atoms with Gasteiger partial charge in [-0.3, -0.25) is 4.90 Å². The van der Waals surface area contributed by atoms with Crippen LogP contribution in [0.25, 0.3) is 0 Å². The van der Waals surface area contributed by atoms with Crippen LogP contribution in [-0.2, 0) is 9.47 Å². The molecule has 5 nitrogen and oxygen atoms in total. The number of hydrogen-bond acceptors (Lipinski definition) is 4. The van der Waals surface area contributed by atoms with Crippen molar-refractivity contribution in [2.24, 2.45) is 5.73 Å². The molecule has 2 unspecified atom stereocenters. The summed E-state index contributed by atoms with van der Waals surface area (Å²) >= 11 is 0. The summed E-state index contributed by atoms with van der Waals surface area (Å²) in [7, 11) is 0. The standard InChI is InChI=1S/C8H14N2O3/c9-3-7-5-13-8(11)10(7)6-1-2-12-4-6/h6-7H,1-5,9H2. The molecule has 0 bridgehead atoms. The highest BCUT2D eigenvalue weighted by molar-refractivity contribution is 5.70. The first-order valence-corrected chi connectivity index (χ1v) is 4.56. The van der Waals surface area contributed by atoms with Gasteiger partial charge in [-0.05, 0) is 6.42 Å². The van der Waals surface area contributed by atoms with Gasteiger partial charge in [-0.15, -0.1) is 0 Å². The maximum Gasteiger partial charge on any atom is 0.410 e. The van der Waals surface area contributed by atoms with E-state index in [-0.39, 0.29) is 18.2 Å². The molecule has 0 aromatic heterocycles. The lowest BCUT2D eigenvalue weighted by atomic mass is 10.2. The Labute approximate surface area is 76.8 Å². The van der Waals surface area contributed by atoms with Gasteiger partial charge in [0.2, 0.25) is 0 Å². The summed E-state index contributed by atoms with van der Waals surface area (Å²) in [5.74, 6) is 0. The first-order valence-electron chi connectivity index (χ1n) is 4.56. The van der Waals surface area contributed by atoms with Crippen LogP contribution in [-0.4, -0.2) is 49.4 Å². The number of cyclic esters (lactones) is 1. The van der Waals surface area contributed by atoms with Gasteiger partial charge in [0.05, 0.1) is 18.7 Å². The molecule has 2 aliphatic heterocycles. The Morgan fingerprint density at radius 3 is 3.00 bits per heavy atom. The van der Waals surface area contributed by atoms with E-state index in [2.05, 4.69) is 0 Å². The fraction of sp³-hybridized carbons (Fsp3) is 0.875. The minimum atomic E-state index is -0.244. The average molecular weight is 186 g/mol. The molecule has 2 heterocycles. The lowest BCUT2D eigenvalue weighted by Gasteiger charge is -2.25. The van der Waals surface area contributed by atoms with E-state index >= 15 is 0 Å². The lowest BCUT2D eigenvalue weighted by molar-refractivity contribution is 0.130. The second kappa shape index (κ2) is 3.51. The zero-order valence-corrected chi connectivity index (χ0v) is 7.44. The largest absolute Gasteiger partial charge is 0.447 e. The van der Waals surface area contributed by atoms with Crippen molar-refractivity contribution in [1.82, 2.24) is 4.90 Å². The number of amides is 1. The molecule has 74 valence electrons. The zero-order chi connectivity index (χ0) is 9.26. The minimum Gasteiger partial charge on any atom is -0.447 e. The van der Waals surface area contributed by atoms with Crippen LogP contribution in [0.2, 0.25) is 0 Å². The summed E-state index contributed by atoms with van der Waals surface area (Å²) in [4.78, 5) is 13.1. The van der Waals surface area contributed by atoms with Crippen molar-refractivity contribution in [3.05, 3.63) is 0 Å². The molecule has 2 aliphatic rings. The maximum atomic E-state index is 11.3. The smallest absolute Gasteiger partial charge is 0.410 e. The Morgan fingerprint density at radius 2 is 2.38 bits per heavy atom. The van der Waals surface area contributed by atoms with Crippen molar-refractivity contribution >= 4 is 6.09 Å². The van der Waals surface area contributed by atoms with Crippen LogP contribution >= 0.6 is 0 Å². The van der Waals surface area contributed by atoms with E-state index in [0.717, 1.165) is 13.0 Å². The zero-order valence-electron chi connectivity index (χ0n) is 7.44. The van der Waals surface area contributed by atoms with Gasteiger partial charge in [-0.2, -0.15) is 0 Å². The number of ether oxygens (including phenoxy) is 2. The summed E-state index contributed by atoms with van der Waals surface area (Å²) in [5, 5.41) is 0. The molecule has 1 amide bonds. The minimum absolute atomic E-state index is 0.0409. The Morgan fingerprint density at radius 1 is 1.54 bits per heavy atom. The molecule has 2 rings (SSSR count). The molecule has 0 radical (unpaired) electrons. The Kier molecular flexibility index (Phi) is 2.37. The Balaban J connectivity index is 2.04. The van der Waals surface area contributed by atoms with Crippen molar-refractivity contribution in [2.75, 3.05) is 26.4 Å². The van der Waals surface area contributed by atoms with E-state index in [1.165, 1.54) is 0 Å². The third-order valence-electron chi connectivity index (χ3n) is 2.57. The molecule has 0 saturated carbocycles. The number of carbonyl (C=O) groups is 1. The molecule has 0 aromatic rings. The van der Waals surface area contributed by atoms with E-state index in [0.29, 0.717) is 19.8 Å². The number of nitrogens with zero attached hydrogens (tertiary/aromatic N) is 1. The predicted molar refractivity (Wildman–Crippen MR) is 45.3 cm³/mol. The van der Waals surface area contributed by atoms with Crippen molar-refractivity contribution in [3.8, 4) is 0 Å². The van der Waals surface area contributed by atoms with Crippen LogP contribution in [0.15, 0.2) is 0 Å². The molecule has 0 aromatic carbocycles. The van der Waals surface area contributed by atoms with Crippen LogP contribution in [0, 0.1) is 0 Å². The normalized spacial score (nSPS) is 33.9. The summed E-state index contributed by atoms with van der Waals surface area (Å²) in [6.45, 7) is 2.23. The predicted octanol–water partition coefficient (Wildman–Crippen LogP) is -0.445. The Hall–Kier alpha value is -0.810. The summed E-state index contributed by atoms with van der Waals surface area (Å²) < 4.78 is 10.2. The monoisotopic (exact) mass is 186 g/mol. The molecule has 2 fully saturated rings. The van der Waals surface area contributed by atoms with Crippen molar-refractivity contribution in [3.63, 3.8) is 0 Å². The van der Waals surface area contributed by atoms with Crippen LogP contribution in [0.1, 0.15) is 6.42 Å². The van der Waals surface area contributed by atoms with Gasteiger partial charge in [-0.1, -0.05) is 0 Å². The highest BCUT2D eigenvalue weighted by Gasteiger charge is 2.38. The second-order valence-corrected chi connectivity index (χ2v) is 3.39. The van der Waals surface area contributed by atoms with Gasteiger partial charge < -0.3 is 15.2 Å². The third kappa shape index (κ3) is 1.49. The van der Waals surface area contributed by atoms with Crippen LogP contribution in [0.5, 0.6) is 0 Å². The molecule has 0 aliphatic carbocycles. The van der Waals surface area contributed by atoms with Crippen molar-refractivity contribution < 1.29 is 14.3 Å². The third-order valence-corrected chi connectivity index (χ3v) is 2.57. The fourth-order valence-corrected chi connectivity index (χ4v) is 1.84. The molecule has 2 N–H and O–H groups in total. The van der Waals surface area contributed by atoms with Gasteiger partial charge in [0.25, 0.3) is 0 Å². The lowest BCUT2D eigenvalue weighted by Crippen LogP contribution is -2.45. The summed E-state index contributed by atoms with van der Waals surface area (Å²) in [6.07, 6.45) is 0.650. The van der Waals surface area contributed by atoms with Gasteiger partial charge in [-0.25, -0.2) is 4.79 Å². The second-order valence-electron chi connectivity index (χ2n) is 3.39. The topological polar surface area (TPSA) is 64.8 Å². The van der Waals surface area contributed by atoms with Gasteiger partial charge in [0, 0.05) is 13.2 Å². The number of nitrogens with two attached hydrogens (primary N) is 1. The number of carbonyl (C=O) groups excluding carboxylic acids is 1. The average Bonchev–Trinajstić information content (AvgIpc) is 2.72. The molecule has 2 saturated heterocycles. The SMILES string of the molecule is NCC1COC(=O)N1C1CCOC1. The van der Waals surface area contributed by atoms with Crippen LogP contribution in [0.3, 0.4) is 0 Å². The molecule has 2 atom stereocenters. The van der Waals surface area contributed by atoms with E-state index in [1.54, 1.807) is 4.90 Å². The maximum absolute atomic E-state index is 11.3. The Bertz CT molecular complexity index is 204. The first kappa shape index (κ1) is 8.77. The molecular weight excluding hydrogens is 172 g/mol. The molecule has 0 spiro atoms. The van der Waals surface area contributed by atoms with Gasteiger partial charge in [0.1, 0.15) is 6.61 Å². The van der Waals surface area contributed by atoms with Crippen molar-refractivity contribution in [2.45, 2.75) is 18.5 Å². The highest BCUT2D eigenvalue weighted by atomic mass is 16.6. The molecular formula is C8H14N2O3. The quantitative estimate of drug-likeness (QED) is 0.634. The van der Waals surface area contributed by atoms with E-state index in [4.69, 9.17) is 15.2 Å². The summed E-state index contributed by atoms with van der Waals surface area (Å²) in [5.41, 5.74) is 5.54. The van der Waals surface area contributed by atoms with E-state index in [9.17, 15) is 4.79 Å². The van der Waals surface area contributed by atoms with Crippen LogP contribution < -0.4 is 5.73 Å². The summed E-state index contributed by atoms with van der Waals surface area (Å²) in [6, 6.07) is 0.211. The van der Waals surface area contributed by atoms with Crippen LogP contribution in [0.4, 0.5) is 4.79 Å². The highest BCUT2D eigenvalue weighted by Crippen LogP contribution is 2.20. The fourth-order valence-electron chi connectivity index (χ4n) is 1.84. The van der Waals surface area contributed by atoms with Gasteiger partial charge >= 0.3 is 6.09 Å². The molecule has 13 heavy (non-hydrogen) atoms. The van der Waals surface area contributed by atoms with Gasteiger partial charge in [0.15, 0.2) is 0 Å². The number of hydrogen-bond donors (Lipinski definition) is 1. The van der Waals surface area contributed by atoms with E-state index < -0.39 is 0 Å². The van der Waals surface area contributed by atoms with Crippen molar-refractivity contribution in [1.29, 1.82) is 0 Å². The first-order chi connectivity index (χ1) is 6.33. The number of rotatable bonds is 2. The molecule has 5 heteroatoms. The van der Waals surface area contributed by atoms with E-state index in [1.807, 2.05) is 0 Å².